The van der Waals surface area contributed by atoms with Crippen molar-refractivity contribution in [2.45, 2.75) is 65.6 Å². The third-order valence-corrected chi connectivity index (χ3v) is 4.01. The maximum absolute atomic E-state index is 11.5. The van der Waals surface area contributed by atoms with Gasteiger partial charge >= 0.3 is 0 Å². The number of nitrogens with zero attached hydrogens (tertiary/aromatic N) is 1. The minimum absolute atomic E-state index is 0.207. The Bertz CT molecular complexity index is 461. The van der Waals surface area contributed by atoms with Crippen LogP contribution in [0.1, 0.15) is 49.6 Å². The van der Waals surface area contributed by atoms with Gasteiger partial charge in [-0.25, -0.2) is 0 Å². The lowest BCUT2D eigenvalue weighted by Gasteiger charge is -2.07. The van der Waals surface area contributed by atoms with Gasteiger partial charge in [-0.05, 0) is 58.2 Å². The number of carbonyl (C=O) groups is 1. The number of carbonyl (C=O) groups excluding carboxylic acids is 1. The van der Waals surface area contributed by atoms with Crippen molar-refractivity contribution in [1.82, 2.24) is 15.2 Å². The van der Waals surface area contributed by atoms with Gasteiger partial charge in [0.2, 0.25) is 5.91 Å². The number of rotatable bonds is 8. The molecular formula is C16H27N3O. The molecule has 1 aromatic rings. The highest BCUT2D eigenvalue weighted by Gasteiger charge is 2.22. The molecule has 20 heavy (non-hydrogen) atoms. The fraction of sp³-hybridized carbons (Fsp3) is 0.688. The summed E-state index contributed by atoms with van der Waals surface area (Å²) in [5, 5.41) is 6.46. The highest BCUT2D eigenvalue weighted by Crippen LogP contribution is 2.18. The molecule has 1 amide bonds. The van der Waals surface area contributed by atoms with Gasteiger partial charge in [-0.15, -0.1) is 0 Å². The molecule has 1 saturated carbocycles. The highest BCUT2D eigenvalue weighted by atomic mass is 16.1. The maximum Gasteiger partial charge on any atom is 0.220 e. The molecule has 1 fully saturated rings. The summed E-state index contributed by atoms with van der Waals surface area (Å²) in [6, 6.07) is 2.74. The SMILES string of the molecule is CCn1c(C)cc(CNCCCC(=O)NC2CC2)c1C. The van der Waals surface area contributed by atoms with Crippen molar-refractivity contribution in [2.75, 3.05) is 6.54 Å². The summed E-state index contributed by atoms with van der Waals surface area (Å²) in [7, 11) is 0. The monoisotopic (exact) mass is 277 g/mol. The first kappa shape index (κ1) is 15.1. The van der Waals surface area contributed by atoms with Crippen molar-refractivity contribution in [3.63, 3.8) is 0 Å². The lowest BCUT2D eigenvalue weighted by Crippen LogP contribution is -2.26. The smallest absolute Gasteiger partial charge is 0.220 e. The molecule has 1 aliphatic rings. The molecule has 1 aromatic heterocycles. The van der Waals surface area contributed by atoms with Crippen LogP contribution in [0.4, 0.5) is 0 Å². The van der Waals surface area contributed by atoms with Gasteiger partial charge < -0.3 is 15.2 Å². The number of hydrogen-bond donors (Lipinski definition) is 2. The number of amides is 1. The van der Waals surface area contributed by atoms with Gasteiger partial charge in [-0.1, -0.05) is 0 Å². The summed E-state index contributed by atoms with van der Waals surface area (Å²) in [6.07, 6.45) is 3.87. The van der Waals surface area contributed by atoms with Gasteiger partial charge in [0.15, 0.2) is 0 Å². The number of aromatic nitrogens is 1. The zero-order valence-corrected chi connectivity index (χ0v) is 13.0. The van der Waals surface area contributed by atoms with E-state index in [1.165, 1.54) is 17.0 Å². The fourth-order valence-electron chi connectivity index (χ4n) is 2.66. The summed E-state index contributed by atoms with van der Waals surface area (Å²) in [5.74, 6) is 0.207. The van der Waals surface area contributed by atoms with Gasteiger partial charge in [0.1, 0.15) is 0 Å². The molecule has 0 atom stereocenters. The molecule has 2 N–H and O–H groups in total. The number of hydrogen-bond acceptors (Lipinski definition) is 2. The normalized spacial score (nSPS) is 14.6. The quantitative estimate of drug-likeness (QED) is 0.716. The lowest BCUT2D eigenvalue weighted by molar-refractivity contribution is -0.121. The average molecular weight is 277 g/mol. The van der Waals surface area contributed by atoms with Crippen LogP contribution in [0.2, 0.25) is 0 Å². The predicted octanol–water partition coefficient (Wildman–Crippen LogP) is 2.27. The Hall–Kier alpha value is -1.29. The second-order valence-corrected chi connectivity index (χ2v) is 5.76. The van der Waals surface area contributed by atoms with Crippen LogP contribution in [0.25, 0.3) is 0 Å². The van der Waals surface area contributed by atoms with Gasteiger partial charge in [0.05, 0.1) is 0 Å². The van der Waals surface area contributed by atoms with Crippen LogP contribution in [0, 0.1) is 13.8 Å². The van der Waals surface area contributed by atoms with Gasteiger partial charge in [0, 0.05) is 36.9 Å². The third-order valence-electron chi connectivity index (χ3n) is 4.01. The molecule has 0 aliphatic heterocycles. The highest BCUT2D eigenvalue weighted by molar-refractivity contribution is 5.76. The molecule has 2 rings (SSSR count). The van der Waals surface area contributed by atoms with Gasteiger partial charge in [-0.3, -0.25) is 4.79 Å². The minimum atomic E-state index is 0.207. The van der Waals surface area contributed by atoms with Crippen molar-refractivity contribution < 1.29 is 4.79 Å². The zero-order chi connectivity index (χ0) is 14.5. The van der Waals surface area contributed by atoms with Crippen molar-refractivity contribution in [3.8, 4) is 0 Å². The summed E-state index contributed by atoms with van der Waals surface area (Å²) in [6.45, 7) is 9.32. The molecular weight excluding hydrogens is 250 g/mol. The molecule has 1 heterocycles. The molecule has 0 aromatic carbocycles. The van der Waals surface area contributed by atoms with E-state index in [0.717, 1.165) is 38.9 Å². The Morgan fingerprint density at radius 3 is 2.75 bits per heavy atom. The largest absolute Gasteiger partial charge is 0.353 e. The molecule has 1 aliphatic carbocycles. The standard InChI is InChI=1S/C16H27N3O/c1-4-19-12(2)10-14(13(19)3)11-17-9-5-6-16(20)18-15-7-8-15/h10,15,17H,4-9,11H2,1-3H3,(H,18,20). The Balaban J connectivity index is 1.64. The molecule has 4 nitrogen and oxygen atoms in total. The van der Waals surface area contributed by atoms with E-state index in [1.54, 1.807) is 0 Å². The van der Waals surface area contributed by atoms with Crippen LogP contribution in [-0.4, -0.2) is 23.1 Å². The van der Waals surface area contributed by atoms with E-state index in [2.05, 4.69) is 42.0 Å². The predicted molar refractivity (Wildman–Crippen MR) is 81.7 cm³/mol. The van der Waals surface area contributed by atoms with Crippen molar-refractivity contribution >= 4 is 5.91 Å². The van der Waals surface area contributed by atoms with E-state index in [1.807, 2.05) is 0 Å². The van der Waals surface area contributed by atoms with Crippen molar-refractivity contribution in [2.24, 2.45) is 0 Å². The summed E-state index contributed by atoms with van der Waals surface area (Å²) in [5.41, 5.74) is 4.04. The van der Waals surface area contributed by atoms with Crippen LogP contribution in [-0.2, 0) is 17.9 Å². The number of aryl methyl sites for hydroxylation is 1. The second-order valence-electron chi connectivity index (χ2n) is 5.76. The Morgan fingerprint density at radius 2 is 2.15 bits per heavy atom. The maximum atomic E-state index is 11.5. The van der Waals surface area contributed by atoms with Crippen LogP contribution in [0.15, 0.2) is 6.07 Å². The van der Waals surface area contributed by atoms with E-state index < -0.39 is 0 Å². The van der Waals surface area contributed by atoms with Crippen LogP contribution in [0.5, 0.6) is 0 Å². The van der Waals surface area contributed by atoms with Crippen molar-refractivity contribution in [1.29, 1.82) is 0 Å². The third kappa shape index (κ3) is 4.10. The van der Waals surface area contributed by atoms with E-state index in [4.69, 9.17) is 0 Å². The number of nitrogens with one attached hydrogen (secondary N) is 2. The Morgan fingerprint density at radius 1 is 1.40 bits per heavy atom. The fourth-order valence-corrected chi connectivity index (χ4v) is 2.66. The molecule has 0 unspecified atom stereocenters. The van der Waals surface area contributed by atoms with Gasteiger partial charge in [0.25, 0.3) is 0 Å². The first-order valence-corrected chi connectivity index (χ1v) is 7.77. The first-order valence-electron chi connectivity index (χ1n) is 7.77. The van der Waals surface area contributed by atoms with Crippen LogP contribution >= 0.6 is 0 Å². The lowest BCUT2D eigenvalue weighted by atomic mass is 10.2. The summed E-state index contributed by atoms with van der Waals surface area (Å²) >= 11 is 0. The summed E-state index contributed by atoms with van der Waals surface area (Å²) < 4.78 is 2.33. The van der Waals surface area contributed by atoms with Crippen LogP contribution in [0.3, 0.4) is 0 Å². The molecule has 112 valence electrons. The zero-order valence-electron chi connectivity index (χ0n) is 13.0. The molecule has 0 bridgehead atoms. The van der Waals surface area contributed by atoms with E-state index in [-0.39, 0.29) is 5.91 Å². The van der Waals surface area contributed by atoms with Crippen LogP contribution < -0.4 is 10.6 Å². The van der Waals surface area contributed by atoms with Gasteiger partial charge in [-0.2, -0.15) is 0 Å². The topological polar surface area (TPSA) is 46.1 Å². The summed E-state index contributed by atoms with van der Waals surface area (Å²) in [4.78, 5) is 11.5. The molecule has 0 spiro atoms. The second kappa shape index (κ2) is 6.93. The molecule has 0 saturated heterocycles. The molecule has 0 radical (unpaired) electrons. The van der Waals surface area contributed by atoms with Crippen molar-refractivity contribution in [3.05, 3.63) is 23.0 Å². The van der Waals surface area contributed by atoms with E-state index >= 15 is 0 Å². The average Bonchev–Trinajstić information content (AvgIpc) is 3.16. The Labute approximate surface area is 121 Å². The molecule has 4 heteroatoms. The first-order chi connectivity index (χ1) is 9.61. The van der Waals surface area contributed by atoms with E-state index in [9.17, 15) is 4.79 Å². The minimum Gasteiger partial charge on any atom is -0.353 e. The van der Waals surface area contributed by atoms with E-state index in [0.29, 0.717) is 12.5 Å². The Kier molecular flexibility index (Phi) is 5.24.